The molecule has 58 heavy (non-hydrogen) atoms. The van der Waals surface area contributed by atoms with Crippen LogP contribution in [0.15, 0.2) is 212 Å². The fraction of sp³-hybridized carbons (Fsp3) is 0.160. The molecule has 4 nitrogen and oxygen atoms in total. The maximum Gasteiger partial charge on any atom is 0.390 e. The first kappa shape index (κ1) is 40.0. The fourth-order valence-electron chi connectivity index (χ4n) is 8.30. The Kier molecular flexibility index (Phi) is 12.7. The van der Waals surface area contributed by atoms with Crippen LogP contribution >= 0.6 is 0 Å². The monoisotopic (exact) mass is 828 g/mol. The SMILES string of the molecule is CCCCCCCC[Si]1(c2ccccc2)O[Si](c2ccccc2)(c2ccccc2)O[Si](c2ccccc2)(c2ccccc2)O[Si](c2ccccc2)(c2ccccc2)O1. The zero-order valence-electron chi connectivity index (χ0n) is 33.3. The Balaban J connectivity index is 1.50. The molecular formula is C50H52O4Si4. The van der Waals surface area contributed by atoms with Crippen molar-refractivity contribution in [1.29, 1.82) is 0 Å². The molecule has 0 aromatic heterocycles. The van der Waals surface area contributed by atoms with Crippen molar-refractivity contribution in [3.8, 4) is 0 Å². The van der Waals surface area contributed by atoms with Crippen molar-refractivity contribution in [3.63, 3.8) is 0 Å². The highest BCUT2D eigenvalue weighted by molar-refractivity contribution is 7.14. The lowest BCUT2D eigenvalue weighted by Gasteiger charge is -2.53. The molecule has 7 aromatic rings. The van der Waals surface area contributed by atoms with Crippen LogP contribution in [-0.2, 0) is 16.5 Å². The minimum Gasteiger partial charge on any atom is -0.405 e. The van der Waals surface area contributed by atoms with Crippen LogP contribution < -0.4 is 36.3 Å². The summed E-state index contributed by atoms with van der Waals surface area (Å²) in [6.45, 7) is 2.27. The maximum absolute atomic E-state index is 8.47. The van der Waals surface area contributed by atoms with Crippen LogP contribution in [-0.4, -0.2) is 34.2 Å². The molecule has 1 heterocycles. The normalized spacial score (nSPS) is 16.8. The van der Waals surface area contributed by atoms with E-state index in [1.165, 1.54) is 25.7 Å². The summed E-state index contributed by atoms with van der Waals surface area (Å²) in [5, 5.41) is 7.22. The molecule has 8 heteroatoms. The van der Waals surface area contributed by atoms with E-state index in [1.54, 1.807) is 0 Å². The topological polar surface area (TPSA) is 36.9 Å². The molecule has 0 bridgehead atoms. The zero-order valence-corrected chi connectivity index (χ0v) is 37.3. The number of rotatable bonds is 14. The third kappa shape index (κ3) is 8.12. The number of hydrogen-bond acceptors (Lipinski definition) is 4. The first-order valence-electron chi connectivity index (χ1n) is 20.8. The van der Waals surface area contributed by atoms with Crippen molar-refractivity contribution in [2.75, 3.05) is 0 Å². The van der Waals surface area contributed by atoms with Crippen LogP contribution in [0.5, 0.6) is 0 Å². The second-order valence-corrected chi connectivity index (χ2v) is 28.1. The Morgan fingerprint density at radius 1 is 0.276 bits per heavy atom. The Morgan fingerprint density at radius 2 is 0.517 bits per heavy atom. The van der Waals surface area contributed by atoms with Gasteiger partial charge >= 0.3 is 34.2 Å². The molecule has 292 valence electrons. The van der Waals surface area contributed by atoms with Gasteiger partial charge in [0.15, 0.2) is 0 Å². The van der Waals surface area contributed by atoms with Crippen LogP contribution in [0.1, 0.15) is 45.4 Å². The van der Waals surface area contributed by atoms with Crippen molar-refractivity contribution in [2.45, 2.75) is 51.5 Å². The summed E-state index contributed by atoms with van der Waals surface area (Å²) in [6, 6.07) is 75.6. The van der Waals surface area contributed by atoms with E-state index in [1.807, 2.05) is 0 Å². The molecule has 1 aliphatic rings. The largest absolute Gasteiger partial charge is 0.405 e. The smallest absolute Gasteiger partial charge is 0.390 e. The molecule has 7 aromatic carbocycles. The van der Waals surface area contributed by atoms with Crippen molar-refractivity contribution in [1.82, 2.24) is 0 Å². The number of benzene rings is 7. The lowest BCUT2D eigenvalue weighted by molar-refractivity contribution is 0.259. The maximum atomic E-state index is 8.47. The Labute approximate surface area is 349 Å². The summed E-state index contributed by atoms with van der Waals surface area (Å²) in [5.74, 6) is 0. The van der Waals surface area contributed by atoms with E-state index < -0.39 is 34.2 Å². The highest BCUT2D eigenvalue weighted by Crippen LogP contribution is 2.35. The van der Waals surface area contributed by atoms with Crippen molar-refractivity contribution >= 4 is 70.6 Å². The van der Waals surface area contributed by atoms with Crippen LogP contribution in [0.3, 0.4) is 0 Å². The van der Waals surface area contributed by atoms with Crippen molar-refractivity contribution in [3.05, 3.63) is 212 Å². The predicted molar refractivity (Wildman–Crippen MR) is 248 cm³/mol. The highest BCUT2D eigenvalue weighted by Gasteiger charge is 2.67. The summed E-state index contributed by atoms with van der Waals surface area (Å²) in [7, 11) is -15.0. The molecule has 0 unspecified atom stereocenters. The highest BCUT2D eigenvalue weighted by atomic mass is 28.5. The van der Waals surface area contributed by atoms with Crippen LogP contribution in [0.4, 0.5) is 0 Å². The standard InChI is InChI=1S/C50H52O4Si4/c1-2-3-4-5-6-28-43-55(44-29-14-7-15-30-44)51-56(45-31-16-8-17-32-45,46-33-18-9-19-34-46)53-58(49-39-24-12-25-40-49,50-41-26-13-27-42-50)54-57(52-55,47-35-20-10-21-36-47)48-37-22-11-23-38-48/h7-27,29-42H,2-6,28,43H2,1H3. The molecular weight excluding hydrogens is 777 g/mol. The van der Waals surface area contributed by atoms with Gasteiger partial charge < -0.3 is 16.5 Å². The Morgan fingerprint density at radius 3 is 0.810 bits per heavy atom. The van der Waals surface area contributed by atoms with Crippen LogP contribution in [0.2, 0.25) is 6.04 Å². The van der Waals surface area contributed by atoms with Gasteiger partial charge in [-0.05, 0) is 42.4 Å². The summed E-state index contributed by atoms with van der Waals surface area (Å²) in [5.41, 5.74) is 0. The van der Waals surface area contributed by atoms with Gasteiger partial charge in [0, 0.05) is 0 Å². The van der Waals surface area contributed by atoms with E-state index in [0.717, 1.165) is 55.2 Å². The summed E-state index contributed by atoms with van der Waals surface area (Å²) >= 11 is 0. The average Bonchev–Trinajstić information content (AvgIpc) is 3.30. The van der Waals surface area contributed by atoms with Crippen LogP contribution in [0.25, 0.3) is 0 Å². The van der Waals surface area contributed by atoms with Gasteiger partial charge in [-0.25, -0.2) is 0 Å². The molecule has 0 amide bonds. The van der Waals surface area contributed by atoms with Gasteiger partial charge in [-0.1, -0.05) is 258 Å². The molecule has 8 rings (SSSR count). The molecule has 0 saturated carbocycles. The minimum atomic E-state index is -3.84. The number of hydrogen-bond donors (Lipinski definition) is 0. The molecule has 1 saturated heterocycles. The fourth-order valence-corrected chi connectivity index (χ4v) is 31.3. The third-order valence-electron chi connectivity index (χ3n) is 11.2. The molecule has 0 radical (unpaired) electrons. The zero-order chi connectivity index (χ0) is 39.6. The quantitative estimate of drug-likeness (QED) is 0.0840. The van der Waals surface area contributed by atoms with E-state index in [0.29, 0.717) is 0 Å². The molecule has 0 spiro atoms. The Bertz CT molecular complexity index is 2070. The lowest BCUT2D eigenvalue weighted by Crippen LogP contribution is -2.86. The van der Waals surface area contributed by atoms with Crippen LogP contribution in [0, 0.1) is 0 Å². The van der Waals surface area contributed by atoms with Gasteiger partial charge in [0.05, 0.1) is 0 Å². The van der Waals surface area contributed by atoms with Gasteiger partial charge in [-0.2, -0.15) is 0 Å². The molecule has 0 N–H and O–H groups in total. The lowest BCUT2D eigenvalue weighted by atomic mass is 10.1. The number of unbranched alkanes of at least 4 members (excludes halogenated alkanes) is 5. The summed E-state index contributed by atoms with van der Waals surface area (Å²) in [6.07, 6.45) is 6.93. The van der Waals surface area contributed by atoms with Crippen molar-refractivity contribution < 1.29 is 16.5 Å². The van der Waals surface area contributed by atoms with Gasteiger partial charge in [0.25, 0.3) is 0 Å². The minimum absolute atomic E-state index is 0.754. The molecule has 1 aliphatic heterocycles. The molecule has 1 fully saturated rings. The van der Waals surface area contributed by atoms with E-state index >= 15 is 0 Å². The average molecular weight is 829 g/mol. The second-order valence-electron chi connectivity index (χ2n) is 15.1. The summed E-state index contributed by atoms with van der Waals surface area (Å²) < 4.78 is 33.9. The molecule has 0 aliphatic carbocycles. The van der Waals surface area contributed by atoms with E-state index in [-0.39, 0.29) is 0 Å². The second kappa shape index (κ2) is 18.4. The van der Waals surface area contributed by atoms with Gasteiger partial charge in [0.1, 0.15) is 0 Å². The summed E-state index contributed by atoms with van der Waals surface area (Å²) in [4.78, 5) is 0. The first-order valence-corrected chi connectivity index (χ1v) is 28.3. The van der Waals surface area contributed by atoms with Gasteiger partial charge in [0.2, 0.25) is 0 Å². The van der Waals surface area contributed by atoms with Gasteiger partial charge in [-0.15, -0.1) is 0 Å². The Hall–Kier alpha value is -4.75. The third-order valence-corrected chi connectivity index (χ3v) is 29.5. The van der Waals surface area contributed by atoms with Crippen molar-refractivity contribution in [2.24, 2.45) is 0 Å². The van der Waals surface area contributed by atoms with Gasteiger partial charge in [-0.3, -0.25) is 0 Å². The van der Waals surface area contributed by atoms with E-state index in [9.17, 15) is 0 Å². The van der Waals surface area contributed by atoms with E-state index in [2.05, 4.69) is 219 Å². The molecule has 0 atom stereocenters. The van der Waals surface area contributed by atoms with E-state index in [4.69, 9.17) is 16.5 Å². The predicted octanol–water partition coefficient (Wildman–Crippen LogP) is 7.55. The first-order chi connectivity index (χ1) is 28.6.